The lowest BCUT2D eigenvalue weighted by atomic mass is 10.1. The quantitative estimate of drug-likeness (QED) is 0.586. The van der Waals surface area contributed by atoms with E-state index < -0.39 is 10.0 Å². The number of pyridine rings is 1. The summed E-state index contributed by atoms with van der Waals surface area (Å²) in [5.41, 5.74) is 1.76. The Hall–Kier alpha value is -2.38. The van der Waals surface area contributed by atoms with E-state index in [-0.39, 0.29) is 4.21 Å². The van der Waals surface area contributed by atoms with Gasteiger partial charge in [-0.15, -0.1) is 11.3 Å². The largest absolute Gasteiger partial charge is 0.370 e. The molecule has 0 radical (unpaired) electrons. The lowest BCUT2D eigenvalue weighted by Crippen LogP contribution is -2.12. The van der Waals surface area contributed by atoms with Gasteiger partial charge in [0.05, 0.1) is 11.9 Å². The van der Waals surface area contributed by atoms with Crippen LogP contribution >= 0.6 is 11.3 Å². The predicted octanol–water partition coefficient (Wildman–Crippen LogP) is 3.99. The zero-order valence-corrected chi connectivity index (χ0v) is 15.2. The zero-order chi connectivity index (χ0) is 17.5. The summed E-state index contributed by atoms with van der Waals surface area (Å²) in [7, 11) is -3.53. The number of hydrogen-bond acceptors (Lipinski definition) is 5. The molecule has 3 aromatic rings. The van der Waals surface area contributed by atoms with Crippen molar-refractivity contribution in [1.29, 1.82) is 0 Å². The zero-order valence-electron chi connectivity index (χ0n) is 13.6. The number of anilines is 2. The first-order valence-corrected chi connectivity index (χ1v) is 10.3. The Kier molecular flexibility index (Phi) is 5.67. The Balaban J connectivity index is 1.49. The van der Waals surface area contributed by atoms with Crippen LogP contribution in [0.25, 0.3) is 0 Å². The number of thiophene rings is 1. The van der Waals surface area contributed by atoms with Gasteiger partial charge >= 0.3 is 0 Å². The smallest absolute Gasteiger partial charge is 0.271 e. The monoisotopic (exact) mass is 373 g/mol. The van der Waals surface area contributed by atoms with E-state index in [0.29, 0.717) is 5.69 Å². The van der Waals surface area contributed by atoms with Crippen molar-refractivity contribution in [1.82, 2.24) is 4.98 Å². The van der Waals surface area contributed by atoms with Gasteiger partial charge in [0.25, 0.3) is 10.0 Å². The molecule has 7 heteroatoms. The van der Waals surface area contributed by atoms with Gasteiger partial charge in [0, 0.05) is 6.54 Å². The van der Waals surface area contributed by atoms with Crippen LogP contribution in [0.2, 0.25) is 0 Å². The van der Waals surface area contributed by atoms with Crippen LogP contribution in [0.3, 0.4) is 0 Å². The van der Waals surface area contributed by atoms with Gasteiger partial charge < -0.3 is 5.32 Å². The van der Waals surface area contributed by atoms with Crippen molar-refractivity contribution < 1.29 is 8.42 Å². The van der Waals surface area contributed by atoms with Crippen LogP contribution in [0, 0.1) is 0 Å². The van der Waals surface area contributed by atoms with E-state index in [9.17, 15) is 8.42 Å². The summed E-state index contributed by atoms with van der Waals surface area (Å²) in [6, 6.07) is 17.1. The second kappa shape index (κ2) is 8.13. The first-order chi connectivity index (χ1) is 12.1. The molecule has 2 heterocycles. The Bertz CT molecular complexity index is 878. The summed E-state index contributed by atoms with van der Waals surface area (Å²) in [4.78, 5) is 4.25. The highest BCUT2D eigenvalue weighted by atomic mass is 32.2. The Morgan fingerprint density at radius 3 is 2.52 bits per heavy atom. The lowest BCUT2D eigenvalue weighted by molar-refractivity contribution is 0.603. The molecular weight excluding hydrogens is 354 g/mol. The molecule has 0 saturated heterocycles. The van der Waals surface area contributed by atoms with E-state index >= 15 is 0 Å². The van der Waals surface area contributed by atoms with Gasteiger partial charge in [0.1, 0.15) is 10.0 Å². The van der Waals surface area contributed by atoms with E-state index in [0.717, 1.165) is 25.2 Å². The average Bonchev–Trinajstić information content (AvgIpc) is 3.16. The minimum atomic E-state index is -3.53. The lowest BCUT2D eigenvalue weighted by Gasteiger charge is -2.08. The van der Waals surface area contributed by atoms with Crippen LogP contribution in [0.1, 0.15) is 12.0 Å². The summed E-state index contributed by atoms with van der Waals surface area (Å²) in [5.74, 6) is 0.729. The highest BCUT2D eigenvalue weighted by Crippen LogP contribution is 2.20. The molecule has 0 aliphatic rings. The molecular formula is C18H19N3O2S2. The fourth-order valence-electron chi connectivity index (χ4n) is 2.33. The maximum atomic E-state index is 12.1. The van der Waals surface area contributed by atoms with Crippen LogP contribution < -0.4 is 10.0 Å². The number of nitrogens with one attached hydrogen (secondary N) is 2. The molecule has 25 heavy (non-hydrogen) atoms. The molecule has 0 aliphatic heterocycles. The number of nitrogens with zero attached hydrogens (tertiary/aromatic N) is 1. The average molecular weight is 374 g/mol. The number of aryl methyl sites for hydroxylation is 1. The van der Waals surface area contributed by atoms with Crippen LogP contribution in [0.4, 0.5) is 11.5 Å². The van der Waals surface area contributed by atoms with Crippen molar-refractivity contribution in [3.8, 4) is 0 Å². The first-order valence-electron chi connectivity index (χ1n) is 7.94. The third-order valence-corrected chi connectivity index (χ3v) is 6.35. The number of rotatable bonds is 8. The van der Waals surface area contributed by atoms with Crippen LogP contribution in [-0.2, 0) is 16.4 Å². The molecule has 0 amide bonds. The van der Waals surface area contributed by atoms with E-state index in [1.54, 1.807) is 29.6 Å². The fraction of sp³-hybridized carbons (Fsp3) is 0.167. The van der Waals surface area contributed by atoms with Crippen molar-refractivity contribution in [2.75, 3.05) is 16.6 Å². The number of hydrogen-bond donors (Lipinski definition) is 2. The van der Waals surface area contributed by atoms with E-state index in [1.807, 2.05) is 18.2 Å². The summed E-state index contributed by atoms with van der Waals surface area (Å²) >= 11 is 1.18. The van der Waals surface area contributed by atoms with Gasteiger partial charge in [0.15, 0.2) is 0 Å². The van der Waals surface area contributed by atoms with Crippen molar-refractivity contribution in [3.63, 3.8) is 0 Å². The molecule has 0 bridgehead atoms. The van der Waals surface area contributed by atoms with E-state index in [2.05, 4.69) is 27.2 Å². The first kappa shape index (κ1) is 17.4. The van der Waals surface area contributed by atoms with Gasteiger partial charge in [-0.25, -0.2) is 13.4 Å². The number of sulfonamides is 1. The molecule has 0 spiro atoms. The standard InChI is InChI=1S/C18H19N3O2S2/c22-25(23,18-9-5-13-24-18)21-16-10-11-17(20-14-16)19-12-4-8-15-6-2-1-3-7-15/h1-3,5-7,9-11,13-14,21H,4,8,12H2,(H,19,20). The fourth-order valence-corrected chi connectivity index (χ4v) is 4.37. The minimum Gasteiger partial charge on any atom is -0.370 e. The van der Waals surface area contributed by atoms with Crippen LogP contribution in [0.5, 0.6) is 0 Å². The van der Waals surface area contributed by atoms with Gasteiger partial charge in [-0.3, -0.25) is 4.72 Å². The highest BCUT2D eigenvalue weighted by molar-refractivity contribution is 7.94. The number of aromatic nitrogens is 1. The molecule has 130 valence electrons. The van der Waals surface area contributed by atoms with Gasteiger partial charge in [0.2, 0.25) is 0 Å². The molecule has 0 fully saturated rings. The van der Waals surface area contributed by atoms with Gasteiger partial charge in [-0.1, -0.05) is 36.4 Å². The van der Waals surface area contributed by atoms with Gasteiger partial charge in [-0.2, -0.15) is 0 Å². The normalized spacial score (nSPS) is 11.2. The SMILES string of the molecule is O=S(=O)(Nc1ccc(NCCCc2ccccc2)nc1)c1cccs1. The maximum Gasteiger partial charge on any atom is 0.271 e. The summed E-state index contributed by atoms with van der Waals surface area (Å²) < 4.78 is 27.1. The Morgan fingerprint density at radius 2 is 1.84 bits per heavy atom. The second-order valence-electron chi connectivity index (χ2n) is 5.49. The van der Waals surface area contributed by atoms with Crippen molar-refractivity contribution in [2.24, 2.45) is 0 Å². The summed E-state index contributed by atoms with van der Waals surface area (Å²) in [6.45, 7) is 0.808. The van der Waals surface area contributed by atoms with Gasteiger partial charge in [-0.05, 0) is 42.0 Å². The van der Waals surface area contributed by atoms with Crippen molar-refractivity contribution in [3.05, 3.63) is 71.7 Å². The van der Waals surface area contributed by atoms with Crippen LogP contribution in [-0.4, -0.2) is 19.9 Å². The topological polar surface area (TPSA) is 71.1 Å². The van der Waals surface area contributed by atoms with Crippen molar-refractivity contribution >= 4 is 32.9 Å². The minimum absolute atomic E-state index is 0.288. The molecule has 0 saturated carbocycles. The van der Waals surface area contributed by atoms with Crippen molar-refractivity contribution in [2.45, 2.75) is 17.1 Å². The third kappa shape index (κ3) is 5.04. The molecule has 0 aliphatic carbocycles. The predicted molar refractivity (Wildman–Crippen MR) is 103 cm³/mol. The molecule has 0 unspecified atom stereocenters. The molecule has 1 aromatic carbocycles. The molecule has 5 nitrogen and oxygen atoms in total. The highest BCUT2D eigenvalue weighted by Gasteiger charge is 2.15. The summed E-state index contributed by atoms with van der Waals surface area (Å²) in [6.07, 6.45) is 3.52. The Morgan fingerprint density at radius 1 is 1.00 bits per heavy atom. The molecule has 2 N–H and O–H groups in total. The maximum absolute atomic E-state index is 12.1. The number of benzene rings is 1. The molecule has 3 rings (SSSR count). The molecule has 2 aromatic heterocycles. The van der Waals surface area contributed by atoms with E-state index in [1.165, 1.54) is 23.1 Å². The summed E-state index contributed by atoms with van der Waals surface area (Å²) in [5, 5.41) is 4.98. The van der Waals surface area contributed by atoms with Crippen LogP contribution in [0.15, 0.2) is 70.4 Å². The Labute approximate surface area is 151 Å². The third-order valence-electron chi connectivity index (χ3n) is 3.57. The second-order valence-corrected chi connectivity index (χ2v) is 8.34. The van der Waals surface area contributed by atoms with E-state index in [4.69, 9.17) is 0 Å². The molecule has 0 atom stereocenters.